The highest BCUT2D eigenvalue weighted by molar-refractivity contribution is 6.32. The minimum Gasteiger partial charge on any atom is -0.493 e. The number of methoxy groups -OCH3 is 1. The van der Waals surface area contributed by atoms with Crippen LogP contribution >= 0.6 is 11.6 Å². The van der Waals surface area contributed by atoms with E-state index in [-0.39, 0.29) is 5.91 Å². The van der Waals surface area contributed by atoms with Gasteiger partial charge in [0.05, 0.1) is 30.1 Å². The zero-order chi connectivity index (χ0) is 21.7. The van der Waals surface area contributed by atoms with Gasteiger partial charge < -0.3 is 14.8 Å². The number of benzene rings is 2. The van der Waals surface area contributed by atoms with Crippen LogP contribution in [-0.2, 0) is 6.54 Å². The van der Waals surface area contributed by atoms with Crippen molar-refractivity contribution in [1.29, 1.82) is 0 Å². The maximum atomic E-state index is 12.8. The minimum atomic E-state index is -0.247. The van der Waals surface area contributed by atoms with Crippen molar-refractivity contribution in [3.63, 3.8) is 0 Å². The molecule has 7 heteroatoms. The van der Waals surface area contributed by atoms with E-state index in [0.29, 0.717) is 35.2 Å². The van der Waals surface area contributed by atoms with E-state index < -0.39 is 0 Å². The Morgan fingerprint density at radius 2 is 1.93 bits per heavy atom. The summed E-state index contributed by atoms with van der Waals surface area (Å²) >= 11 is 6.33. The van der Waals surface area contributed by atoms with Gasteiger partial charge in [0, 0.05) is 23.4 Å². The van der Waals surface area contributed by atoms with Gasteiger partial charge in [-0.3, -0.25) is 4.79 Å². The Bertz CT molecular complexity index is 1030. The molecule has 30 heavy (non-hydrogen) atoms. The Labute approximate surface area is 181 Å². The molecular weight excluding hydrogens is 402 g/mol. The maximum Gasteiger partial charge on any atom is 0.251 e. The predicted molar refractivity (Wildman–Crippen MR) is 118 cm³/mol. The van der Waals surface area contributed by atoms with Gasteiger partial charge in [0.2, 0.25) is 0 Å². The highest BCUT2D eigenvalue weighted by atomic mass is 35.5. The van der Waals surface area contributed by atoms with Crippen molar-refractivity contribution in [3.8, 4) is 17.2 Å². The second-order valence-electron chi connectivity index (χ2n) is 6.92. The first-order valence-corrected chi connectivity index (χ1v) is 10.2. The number of carbonyl (C=O) groups is 1. The standard InChI is InChI=1S/C23H26ClN3O3/c1-5-11-30-22-20(24)12-17(13-21(22)29-4)23(28)25-14-19-15(2)26-27(16(19)3)18-9-7-6-8-10-18/h6-10,12-13H,5,11,14H2,1-4H3,(H,25,28). The molecule has 6 nitrogen and oxygen atoms in total. The summed E-state index contributed by atoms with van der Waals surface area (Å²) in [5.74, 6) is 0.641. The molecule has 0 aliphatic carbocycles. The lowest BCUT2D eigenvalue weighted by atomic mass is 10.1. The number of nitrogens with one attached hydrogen (secondary N) is 1. The largest absolute Gasteiger partial charge is 0.493 e. The van der Waals surface area contributed by atoms with Gasteiger partial charge in [0.1, 0.15) is 0 Å². The summed E-state index contributed by atoms with van der Waals surface area (Å²) in [5.41, 5.74) is 4.22. The predicted octanol–water partition coefficient (Wildman–Crippen LogP) is 4.87. The Hall–Kier alpha value is -2.99. The van der Waals surface area contributed by atoms with E-state index in [0.717, 1.165) is 29.1 Å². The summed E-state index contributed by atoms with van der Waals surface area (Å²) in [5, 5.41) is 7.92. The second-order valence-corrected chi connectivity index (χ2v) is 7.32. The van der Waals surface area contributed by atoms with Crippen molar-refractivity contribution in [2.24, 2.45) is 0 Å². The van der Waals surface area contributed by atoms with Crippen LogP contribution in [0.4, 0.5) is 0 Å². The molecular formula is C23H26ClN3O3. The summed E-state index contributed by atoms with van der Waals surface area (Å²) in [6.45, 7) is 6.82. The van der Waals surface area contributed by atoms with Crippen LogP contribution in [0.3, 0.4) is 0 Å². The van der Waals surface area contributed by atoms with E-state index in [1.807, 2.05) is 55.8 Å². The van der Waals surface area contributed by atoms with Crippen molar-refractivity contribution in [3.05, 3.63) is 70.0 Å². The molecule has 1 N–H and O–H groups in total. The van der Waals surface area contributed by atoms with Crippen molar-refractivity contribution in [2.45, 2.75) is 33.7 Å². The summed E-state index contributed by atoms with van der Waals surface area (Å²) < 4.78 is 12.9. The molecule has 1 amide bonds. The van der Waals surface area contributed by atoms with Gasteiger partial charge in [-0.05, 0) is 44.5 Å². The molecule has 0 spiro atoms. The molecule has 0 aliphatic rings. The molecule has 0 atom stereocenters. The van der Waals surface area contributed by atoms with Crippen LogP contribution in [-0.4, -0.2) is 29.4 Å². The van der Waals surface area contributed by atoms with E-state index in [9.17, 15) is 4.79 Å². The van der Waals surface area contributed by atoms with E-state index in [1.54, 1.807) is 12.1 Å². The third kappa shape index (κ3) is 4.60. The molecule has 0 saturated carbocycles. The van der Waals surface area contributed by atoms with Gasteiger partial charge in [0.15, 0.2) is 11.5 Å². The maximum absolute atomic E-state index is 12.8. The minimum absolute atomic E-state index is 0.247. The number of hydrogen-bond donors (Lipinski definition) is 1. The molecule has 1 aromatic heterocycles. The molecule has 158 valence electrons. The first-order valence-electron chi connectivity index (χ1n) is 9.85. The van der Waals surface area contributed by atoms with Gasteiger partial charge in [-0.15, -0.1) is 0 Å². The summed E-state index contributed by atoms with van der Waals surface area (Å²) in [4.78, 5) is 12.8. The number of nitrogens with zero attached hydrogens (tertiary/aromatic N) is 2. The van der Waals surface area contributed by atoms with Crippen molar-refractivity contribution >= 4 is 17.5 Å². The highest BCUT2D eigenvalue weighted by Crippen LogP contribution is 2.36. The van der Waals surface area contributed by atoms with Crippen LogP contribution in [0.15, 0.2) is 42.5 Å². The zero-order valence-electron chi connectivity index (χ0n) is 17.7. The van der Waals surface area contributed by atoms with Gasteiger partial charge in [0.25, 0.3) is 5.91 Å². The Morgan fingerprint density at radius 3 is 2.60 bits per heavy atom. The number of para-hydroxylation sites is 1. The number of hydrogen-bond acceptors (Lipinski definition) is 4. The number of rotatable bonds is 8. The normalized spacial score (nSPS) is 10.7. The average molecular weight is 428 g/mol. The molecule has 0 unspecified atom stereocenters. The molecule has 0 fully saturated rings. The quantitative estimate of drug-likeness (QED) is 0.557. The van der Waals surface area contributed by atoms with E-state index in [2.05, 4.69) is 10.4 Å². The molecule has 0 saturated heterocycles. The molecule has 0 radical (unpaired) electrons. The highest BCUT2D eigenvalue weighted by Gasteiger charge is 2.18. The lowest BCUT2D eigenvalue weighted by molar-refractivity contribution is 0.0950. The van der Waals surface area contributed by atoms with E-state index >= 15 is 0 Å². The number of amides is 1. The first kappa shape index (κ1) is 21.7. The van der Waals surface area contributed by atoms with Crippen molar-refractivity contribution in [1.82, 2.24) is 15.1 Å². The SMILES string of the molecule is CCCOc1c(Cl)cc(C(=O)NCc2c(C)nn(-c3ccccc3)c2C)cc1OC. The van der Waals surface area contributed by atoms with Crippen LogP contribution in [0.1, 0.15) is 40.7 Å². The molecule has 0 bridgehead atoms. The Morgan fingerprint density at radius 1 is 1.20 bits per heavy atom. The fraction of sp³-hybridized carbons (Fsp3) is 0.304. The van der Waals surface area contributed by atoms with E-state index in [1.165, 1.54) is 7.11 Å². The third-order valence-electron chi connectivity index (χ3n) is 4.81. The molecule has 3 rings (SSSR count). The van der Waals surface area contributed by atoms with Gasteiger partial charge >= 0.3 is 0 Å². The number of carbonyl (C=O) groups excluding carboxylic acids is 1. The van der Waals surface area contributed by atoms with Crippen molar-refractivity contribution in [2.75, 3.05) is 13.7 Å². The lowest BCUT2D eigenvalue weighted by Crippen LogP contribution is -2.23. The van der Waals surface area contributed by atoms with Gasteiger partial charge in [-0.2, -0.15) is 5.10 Å². The first-order chi connectivity index (χ1) is 14.5. The van der Waals surface area contributed by atoms with Crippen LogP contribution in [0.2, 0.25) is 5.02 Å². The summed E-state index contributed by atoms with van der Waals surface area (Å²) in [7, 11) is 1.52. The monoisotopic (exact) mass is 427 g/mol. The Kier molecular flexibility index (Phi) is 7.00. The number of aryl methyl sites for hydroxylation is 1. The molecule has 0 aliphatic heterocycles. The smallest absolute Gasteiger partial charge is 0.251 e. The van der Waals surface area contributed by atoms with Crippen LogP contribution < -0.4 is 14.8 Å². The fourth-order valence-electron chi connectivity index (χ4n) is 3.22. The summed E-state index contributed by atoms with van der Waals surface area (Å²) in [6, 6.07) is 13.1. The van der Waals surface area contributed by atoms with Crippen LogP contribution in [0.5, 0.6) is 11.5 Å². The lowest BCUT2D eigenvalue weighted by Gasteiger charge is -2.14. The van der Waals surface area contributed by atoms with Crippen molar-refractivity contribution < 1.29 is 14.3 Å². The number of ether oxygens (including phenoxy) is 2. The molecule has 2 aromatic carbocycles. The zero-order valence-corrected chi connectivity index (χ0v) is 18.4. The molecule has 1 heterocycles. The number of aromatic nitrogens is 2. The topological polar surface area (TPSA) is 65.4 Å². The van der Waals surface area contributed by atoms with E-state index in [4.69, 9.17) is 21.1 Å². The Balaban J connectivity index is 1.78. The second kappa shape index (κ2) is 9.67. The molecule has 3 aromatic rings. The van der Waals surface area contributed by atoms with Gasteiger partial charge in [-0.25, -0.2) is 4.68 Å². The van der Waals surface area contributed by atoms with Gasteiger partial charge in [-0.1, -0.05) is 36.7 Å². The number of halogens is 1. The van der Waals surface area contributed by atoms with Crippen LogP contribution in [0, 0.1) is 13.8 Å². The summed E-state index contributed by atoms with van der Waals surface area (Å²) in [6.07, 6.45) is 0.844. The third-order valence-corrected chi connectivity index (χ3v) is 5.09. The fourth-order valence-corrected chi connectivity index (χ4v) is 3.48. The van der Waals surface area contributed by atoms with Crippen LogP contribution in [0.25, 0.3) is 5.69 Å². The average Bonchev–Trinajstić information content (AvgIpc) is 3.04.